The van der Waals surface area contributed by atoms with E-state index in [1.54, 1.807) is 37.3 Å². The number of amides is 1. The van der Waals surface area contributed by atoms with Crippen LogP contribution in [0.3, 0.4) is 0 Å². The highest BCUT2D eigenvalue weighted by molar-refractivity contribution is 7.90. The number of hydrogen-bond donors (Lipinski definition) is 1. The van der Waals surface area contributed by atoms with Crippen LogP contribution in [0.2, 0.25) is 0 Å². The summed E-state index contributed by atoms with van der Waals surface area (Å²) in [6.45, 7) is 4.39. The van der Waals surface area contributed by atoms with E-state index < -0.39 is 15.7 Å². The van der Waals surface area contributed by atoms with E-state index in [4.69, 9.17) is 9.47 Å². The standard InChI is InChI=1S/C21H26N2O5S/c1-5-6-13-28-19-12-9-17(14-20(19)27-3)21(24)23-22-15(2)16-7-10-18(11-8-16)29(4,25)26/h7-12,14H,5-6,13H2,1-4H3,(H,23,24)/b22-15-. The number of hydrazone groups is 1. The molecule has 0 spiro atoms. The summed E-state index contributed by atoms with van der Waals surface area (Å²) in [5.41, 5.74) is 4.13. The molecule has 2 rings (SSSR count). The lowest BCUT2D eigenvalue weighted by Crippen LogP contribution is -2.19. The number of methoxy groups -OCH3 is 1. The summed E-state index contributed by atoms with van der Waals surface area (Å²) in [5.74, 6) is 0.671. The molecule has 0 atom stereocenters. The van der Waals surface area contributed by atoms with Gasteiger partial charge in [-0.3, -0.25) is 4.79 Å². The molecule has 1 amide bonds. The monoisotopic (exact) mass is 418 g/mol. The Kier molecular flexibility index (Phi) is 7.78. The molecule has 0 unspecified atom stereocenters. The summed E-state index contributed by atoms with van der Waals surface area (Å²) in [6.07, 6.45) is 3.11. The van der Waals surface area contributed by atoms with Crippen LogP contribution in [0.5, 0.6) is 11.5 Å². The van der Waals surface area contributed by atoms with E-state index in [1.807, 2.05) is 0 Å². The van der Waals surface area contributed by atoms with Gasteiger partial charge in [0.2, 0.25) is 0 Å². The Labute approximate surface area is 171 Å². The van der Waals surface area contributed by atoms with Crippen molar-refractivity contribution in [1.29, 1.82) is 0 Å². The minimum absolute atomic E-state index is 0.228. The van der Waals surface area contributed by atoms with E-state index in [0.717, 1.165) is 19.1 Å². The van der Waals surface area contributed by atoms with Crippen LogP contribution in [0.1, 0.15) is 42.6 Å². The zero-order valence-corrected chi connectivity index (χ0v) is 17.9. The number of nitrogens with one attached hydrogen (secondary N) is 1. The Morgan fingerprint density at radius 3 is 2.31 bits per heavy atom. The molecule has 0 bridgehead atoms. The van der Waals surface area contributed by atoms with Gasteiger partial charge < -0.3 is 9.47 Å². The van der Waals surface area contributed by atoms with Gasteiger partial charge in [0, 0.05) is 11.8 Å². The molecule has 0 saturated carbocycles. The predicted octanol–water partition coefficient (Wildman–Crippen LogP) is 3.43. The Balaban J connectivity index is 2.09. The lowest BCUT2D eigenvalue weighted by Gasteiger charge is -2.11. The maximum Gasteiger partial charge on any atom is 0.271 e. The minimum atomic E-state index is -3.26. The average Bonchev–Trinajstić information content (AvgIpc) is 2.71. The maximum atomic E-state index is 12.4. The van der Waals surface area contributed by atoms with E-state index in [9.17, 15) is 13.2 Å². The van der Waals surface area contributed by atoms with Crippen molar-refractivity contribution < 1.29 is 22.7 Å². The summed E-state index contributed by atoms with van der Waals surface area (Å²) >= 11 is 0. The Morgan fingerprint density at radius 2 is 1.72 bits per heavy atom. The van der Waals surface area contributed by atoms with E-state index in [0.29, 0.717) is 34.9 Å². The molecule has 0 heterocycles. The van der Waals surface area contributed by atoms with Crippen LogP contribution < -0.4 is 14.9 Å². The molecule has 2 aromatic rings. The highest BCUT2D eigenvalue weighted by Gasteiger charge is 2.12. The highest BCUT2D eigenvalue weighted by Crippen LogP contribution is 2.28. The number of nitrogens with zero attached hydrogens (tertiary/aromatic N) is 1. The number of carbonyl (C=O) groups excluding carboxylic acids is 1. The van der Waals surface area contributed by atoms with Crippen molar-refractivity contribution in [3.63, 3.8) is 0 Å². The number of sulfone groups is 1. The molecule has 1 N–H and O–H groups in total. The Bertz CT molecular complexity index is 983. The first-order valence-corrected chi connectivity index (χ1v) is 11.1. The molecule has 0 aromatic heterocycles. The molecule has 0 aliphatic rings. The quantitative estimate of drug-likeness (QED) is 0.382. The highest BCUT2D eigenvalue weighted by atomic mass is 32.2. The molecular formula is C21H26N2O5S. The van der Waals surface area contributed by atoms with Crippen molar-refractivity contribution in [3.8, 4) is 11.5 Å². The summed E-state index contributed by atoms with van der Waals surface area (Å²) in [4.78, 5) is 12.6. The van der Waals surface area contributed by atoms with Crippen LogP contribution in [-0.2, 0) is 9.84 Å². The van der Waals surface area contributed by atoms with Crippen molar-refractivity contribution in [2.75, 3.05) is 20.0 Å². The van der Waals surface area contributed by atoms with Crippen LogP contribution in [0.25, 0.3) is 0 Å². The molecule has 29 heavy (non-hydrogen) atoms. The van der Waals surface area contributed by atoms with Gasteiger partial charge in [-0.1, -0.05) is 25.5 Å². The fraction of sp³-hybridized carbons (Fsp3) is 0.333. The van der Waals surface area contributed by atoms with Crippen molar-refractivity contribution in [1.82, 2.24) is 5.43 Å². The Hall–Kier alpha value is -2.87. The lowest BCUT2D eigenvalue weighted by molar-refractivity contribution is 0.0954. The first kappa shape index (κ1) is 22.4. The average molecular weight is 419 g/mol. The second-order valence-electron chi connectivity index (χ2n) is 6.50. The van der Waals surface area contributed by atoms with Gasteiger partial charge in [-0.2, -0.15) is 5.10 Å². The van der Waals surface area contributed by atoms with E-state index in [2.05, 4.69) is 17.5 Å². The van der Waals surface area contributed by atoms with Gasteiger partial charge >= 0.3 is 0 Å². The van der Waals surface area contributed by atoms with Gasteiger partial charge in [0.1, 0.15) is 0 Å². The first-order chi connectivity index (χ1) is 13.8. The largest absolute Gasteiger partial charge is 0.493 e. The van der Waals surface area contributed by atoms with Crippen molar-refractivity contribution in [3.05, 3.63) is 53.6 Å². The van der Waals surface area contributed by atoms with E-state index >= 15 is 0 Å². The molecule has 0 aliphatic heterocycles. The minimum Gasteiger partial charge on any atom is -0.493 e. The van der Waals surface area contributed by atoms with Crippen LogP contribution >= 0.6 is 0 Å². The van der Waals surface area contributed by atoms with Gasteiger partial charge in [-0.15, -0.1) is 0 Å². The van der Waals surface area contributed by atoms with Crippen molar-refractivity contribution >= 4 is 21.5 Å². The van der Waals surface area contributed by atoms with E-state index in [-0.39, 0.29) is 4.90 Å². The van der Waals surface area contributed by atoms with Gasteiger partial charge in [-0.05, 0) is 49.2 Å². The van der Waals surface area contributed by atoms with Gasteiger partial charge in [0.25, 0.3) is 5.91 Å². The van der Waals surface area contributed by atoms with Crippen molar-refractivity contribution in [2.24, 2.45) is 5.10 Å². The van der Waals surface area contributed by atoms with Gasteiger partial charge in [-0.25, -0.2) is 13.8 Å². The first-order valence-electron chi connectivity index (χ1n) is 9.22. The molecule has 156 valence electrons. The fourth-order valence-electron chi connectivity index (χ4n) is 2.46. The second-order valence-corrected chi connectivity index (χ2v) is 8.52. The molecule has 7 nitrogen and oxygen atoms in total. The van der Waals surface area contributed by atoms with E-state index in [1.165, 1.54) is 19.2 Å². The number of unbranched alkanes of at least 4 members (excludes halogenated alkanes) is 1. The van der Waals surface area contributed by atoms with Crippen molar-refractivity contribution in [2.45, 2.75) is 31.6 Å². The molecule has 0 fully saturated rings. The summed E-state index contributed by atoms with van der Waals surface area (Å²) in [6, 6.07) is 11.2. The third kappa shape index (κ3) is 6.32. The number of ether oxygens (including phenoxy) is 2. The normalized spacial score (nSPS) is 11.8. The van der Waals surface area contributed by atoms with Crippen LogP contribution in [0, 0.1) is 0 Å². The van der Waals surface area contributed by atoms with Crippen LogP contribution in [0.15, 0.2) is 52.5 Å². The topological polar surface area (TPSA) is 94.1 Å². The second kappa shape index (κ2) is 10.1. The molecular weight excluding hydrogens is 392 g/mol. The smallest absolute Gasteiger partial charge is 0.271 e. The fourth-order valence-corrected chi connectivity index (χ4v) is 3.09. The molecule has 0 radical (unpaired) electrons. The zero-order valence-electron chi connectivity index (χ0n) is 17.1. The molecule has 8 heteroatoms. The lowest BCUT2D eigenvalue weighted by atomic mass is 10.1. The summed E-state index contributed by atoms with van der Waals surface area (Å²) in [7, 11) is -1.74. The molecule has 2 aromatic carbocycles. The summed E-state index contributed by atoms with van der Waals surface area (Å²) < 4.78 is 34.0. The Morgan fingerprint density at radius 1 is 1.07 bits per heavy atom. The van der Waals surface area contributed by atoms with Gasteiger partial charge in [0.15, 0.2) is 21.3 Å². The summed E-state index contributed by atoms with van der Waals surface area (Å²) in [5, 5.41) is 4.10. The number of rotatable bonds is 9. The number of carbonyl (C=O) groups is 1. The van der Waals surface area contributed by atoms with Crippen LogP contribution in [0.4, 0.5) is 0 Å². The number of benzene rings is 2. The van der Waals surface area contributed by atoms with Gasteiger partial charge in [0.05, 0.1) is 24.3 Å². The SMILES string of the molecule is CCCCOc1ccc(C(=O)N/N=C(/C)c2ccc(S(C)(=O)=O)cc2)cc1OC. The third-order valence-electron chi connectivity index (χ3n) is 4.21. The predicted molar refractivity (Wildman–Crippen MR) is 113 cm³/mol. The maximum absolute atomic E-state index is 12.4. The third-order valence-corrected chi connectivity index (χ3v) is 5.34. The molecule has 0 aliphatic carbocycles. The zero-order chi connectivity index (χ0) is 21.4. The molecule has 0 saturated heterocycles. The van der Waals surface area contributed by atoms with Crippen LogP contribution in [-0.4, -0.2) is 40.0 Å². The number of hydrogen-bond acceptors (Lipinski definition) is 6.